The van der Waals surface area contributed by atoms with Crippen molar-refractivity contribution < 1.29 is 8.78 Å². The average molecular weight is 350 g/mol. The van der Waals surface area contributed by atoms with E-state index < -0.39 is 5.82 Å². The van der Waals surface area contributed by atoms with Gasteiger partial charge in [-0.1, -0.05) is 15.9 Å². The highest BCUT2D eigenvalue weighted by atomic mass is 79.9. The maximum Gasteiger partial charge on any atom is 0.132 e. The van der Waals surface area contributed by atoms with Gasteiger partial charge in [-0.3, -0.25) is 0 Å². The van der Waals surface area contributed by atoms with Crippen LogP contribution in [0.3, 0.4) is 0 Å². The van der Waals surface area contributed by atoms with Crippen LogP contribution in [-0.4, -0.2) is 9.78 Å². The number of benzene rings is 2. The monoisotopic (exact) mass is 349 g/mol. The quantitative estimate of drug-likeness (QED) is 0.754. The SMILES string of the molecule is Nc1cn(-c2ccc(F)cc2)nc1-c1cc(Br)ccc1F. The third kappa shape index (κ3) is 2.67. The molecule has 0 saturated heterocycles. The Morgan fingerprint density at radius 1 is 1.05 bits per heavy atom. The standard InChI is InChI=1S/C15H10BrF2N3/c16-9-1-6-13(18)12(7-9)15-14(19)8-21(20-15)11-4-2-10(17)3-5-11/h1-8H,19H2. The first kappa shape index (κ1) is 13.8. The van der Waals surface area contributed by atoms with Crippen LogP contribution in [0.5, 0.6) is 0 Å². The van der Waals surface area contributed by atoms with Gasteiger partial charge in [0, 0.05) is 10.0 Å². The number of nitrogens with zero attached hydrogens (tertiary/aromatic N) is 2. The molecule has 1 aromatic heterocycles. The number of aromatic nitrogens is 2. The molecule has 106 valence electrons. The Morgan fingerprint density at radius 2 is 1.76 bits per heavy atom. The summed E-state index contributed by atoms with van der Waals surface area (Å²) in [7, 11) is 0. The molecule has 0 aliphatic rings. The number of rotatable bonds is 2. The summed E-state index contributed by atoms with van der Waals surface area (Å²) < 4.78 is 29.1. The van der Waals surface area contributed by atoms with Crippen molar-refractivity contribution in [3.63, 3.8) is 0 Å². The normalized spacial score (nSPS) is 10.8. The molecule has 0 aliphatic carbocycles. The summed E-state index contributed by atoms with van der Waals surface area (Å²) in [5.74, 6) is -0.744. The Kier molecular flexibility index (Phi) is 3.47. The van der Waals surface area contributed by atoms with Gasteiger partial charge in [0.1, 0.15) is 17.3 Å². The first-order valence-corrected chi connectivity index (χ1v) is 6.90. The maximum absolute atomic E-state index is 13.9. The summed E-state index contributed by atoms with van der Waals surface area (Å²) in [6.45, 7) is 0. The van der Waals surface area contributed by atoms with Crippen LogP contribution in [0.1, 0.15) is 0 Å². The minimum atomic E-state index is -0.408. The second kappa shape index (κ2) is 5.29. The lowest BCUT2D eigenvalue weighted by Gasteiger charge is -2.02. The molecular formula is C15H10BrF2N3. The Hall–Kier alpha value is -2.21. The molecule has 0 aliphatic heterocycles. The van der Waals surface area contributed by atoms with Gasteiger partial charge < -0.3 is 5.73 Å². The zero-order chi connectivity index (χ0) is 15.0. The van der Waals surface area contributed by atoms with Crippen LogP contribution in [0, 0.1) is 11.6 Å². The van der Waals surface area contributed by atoms with Crippen molar-refractivity contribution in [1.29, 1.82) is 0 Å². The summed E-state index contributed by atoms with van der Waals surface area (Å²) in [5, 5.41) is 4.29. The molecule has 3 rings (SSSR count). The largest absolute Gasteiger partial charge is 0.396 e. The zero-order valence-electron chi connectivity index (χ0n) is 10.7. The molecule has 1 heterocycles. The lowest BCUT2D eigenvalue weighted by Crippen LogP contribution is -1.95. The Labute approximate surface area is 128 Å². The van der Waals surface area contributed by atoms with Gasteiger partial charge in [0.05, 0.1) is 17.6 Å². The third-order valence-corrected chi connectivity index (χ3v) is 3.51. The van der Waals surface area contributed by atoms with Gasteiger partial charge in [0.25, 0.3) is 0 Å². The van der Waals surface area contributed by atoms with E-state index in [-0.39, 0.29) is 5.82 Å². The van der Waals surface area contributed by atoms with Crippen LogP contribution in [0.25, 0.3) is 16.9 Å². The van der Waals surface area contributed by atoms with Gasteiger partial charge in [-0.25, -0.2) is 13.5 Å². The molecule has 0 unspecified atom stereocenters. The molecule has 6 heteroatoms. The van der Waals surface area contributed by atoms with E-state index in [0.717, 1.165) is 4.47 Å². The van der Waals surface area contributed by atoms with Crippen molar-refractivity contribution in [3.05, 3.63) is 64.8 Å². The second-order valence-corrected chi connectivity index (χ2v) is 5.39. The number of hydrogen-bond donors (Lipinski definition) is 1. The fourth-order valence-electron chi connectivity index (χ4n) is 2.00. The molecule has 0 amide bonds. The van der Waals surface area contributed by atoms with Gasteiger partial charge >= 0.3 is 0 Å². The minimum absolute atomic E-state index is 0.308. The molecule has 0 radical (unpaired) electrons. The predicted molar refractivity (Wildman–Crippen MR) is 81.0 cm³/mol. The fraction of sp³-hybridized carbons (Fsp3) is 0. The fourth-order valence-corrected chi connectivity index (χ4v) is 2.36. The van der Waals surface area contributed by atoms with Crippen LogP contribution in [0.4, 0.5) is 14.5 Å². The maximum atomic E-state index is 13.9. The van der Waals surface area contributed by atoms with E-state index in [1.54, 1.807) is 30.5 Å². The number of hydrogen-bond acceptors (Lipinski definition) is 2. The van der Waals surface area contributed by atoms with Crippen molar-refractivity contribution >= 4 is 21.6 Å². The predicted octanol–water partition coefficient (Wildman–Crippen LogP) is 4.16. The molecule has 0 bridgehead atoms. The van der Waals surface area contributed by atoms with E-state index >= 15 is 0 Å². The van der Waals surface area contributed by atoms with Gasteiger partial charge in [0.15, 0.2) is 0 Å². The van der Waals surface area contributed by atoms with Crippen molar-refractivity contribution in [3.8, 4) is 16.9 Å². The smallest absolute Gasteiger partial charge is 0.132 e. The minimum Gasteiger partial charge on any atom is -0.396 e. The average Bonchev–Trinajstić information content (AvgIpc) is 2.84. The van der Waals surface area contributed by atoms with Gasteiger partial charge in [-0.2, -0.15) is 5.10 Å². The van der Waals surface area contributed by atoms with E-state index in [9.17, 15) is 8.78 Å². The number of nitrogen functional groups attached to an aromatic ring is 1. The zero-order valence-corrected chi connectivity index (χ0v) is 12.3. The Morgan fingerprint density at radius 3 is 2.48 bits per heavy atom. The molecule has 0 fully saturated rings. The van der Waals surface area contributed by atoms with Crippen LogP contribution >= 0.6 is 15.9 Å². The van der Waals surface area contributed by atoms with Crippen molar-refractivity contribution in [2.45, 2.75) is 0 Å². The summed E-state index contributed by atoms with van der Waals surface area (Å²) in [4.78, 5) is 0. The topological polar surface area (TPSA) is 43.8 Å². The molecule has 0 atom stereocenters. The van der Waals surface area contributed by atoms with E-state index in [1.807, 2.05) is 0 Å². The third-order valence-electron chi connectivity index (χ3n) is 3.02. The summed E-state index contributed by atoms with van der Waals surface area (Å²) in [6, 6.07) is 10.4. The van der Waals surface area contributed by atoms with Crippen LogP contribution < -0.4 is 5.73 Å². The molecule has 2 aromatic carbocycles. The van der Waals surface area contributed by atoms with Crippen molar-refractivity contribution in [1.82, 2.24) is 9.78 Å². The van der Waals surface area contributed by atoms with Crippen molar-refractivity contribution in [2.75, 3.05) is 5.73 Å². The van der Waals surface area contributed by atoms with Crippen molar-refractivity contribution in [2.24, 2.45) is 0 Å². The summed E-state index contributed by atoms with van der Waals surface area (Å²) in [6.07, 6.45) is 1.57. The van der Waals surface area contributed by atoms with E-state index in [2.05, 4.69) is 21.0 Å². The lowest BCUT2D eigenvalue weighted by atomic mass is 10.1. The molecule has 3 aromatic rings. The van der Waals surface area contributed by atoms with E-state index in [1.165, 1.54) is 22.9 Å². The van der Waals surface area contributed by atoms with Crippen LogP contribution in [0.2, 0.25) is 0 Å². The first-order chi connectivity index (χ1) is 10.0. The first-order valence-electron chi connectivity index (χ1n) is 6.11. The van der Waals surface area contributed by atoms with Gasteiger partial charge in [-0.15, -0.1) is 0 Å². The molecule has 0 saturated carbocycles. The lowest BCUT2D eigenvalue weighted by molar-refractivity contribution is 0.627. The Balaban J connectivity index is 2.09. The highest BCUT2D eigenvalue weighted by Gasteiger charge is 2.14. The second-order valence-electron chi connectivity index (χ2n) is 4.48. The summed E-state index contributed by atoms with van der Waals surface area (Å²) in [5.41, 5.74) is 7.56. The number of halogens is 3. The van der Waals surface area contributed by atoms with Crippen LogP contribution in [-0.2, 0) is 0 Å². The molecule has 3 nitrogen and oxygen atoms in total. The highest BCUT2D eigenvalue weighted by Crippen LogP contribution is 2.30. The van der Waals surface area contributed by atoms with Gasteiger partial charge in [-0.05, 0) is 42.5 Å². The highest BCUT2D eigenvalue weighted by molar-refractivity contribution is 9.10. The molecule has 21 heavy (non-hydrogen) atoms. The Bertz CT molecular complexity index is 797. The number of anilines is 1. The van der Waals surface area contributed by atoms with Crippen LogP contribution in [0.15, 0.2) is 53.1 Å². The van der Waals surface area contributed by atoms with E-state index in [0.29, 0.717) is 22.6 Å². The molecule has 2 N–H and O–H groups in total. The molecule has 0 spiro atoms. The molecular weight excluding hydrogens is 340 g/mol. The summed E-state index contributed by atoms with van der Waals surface area (Å²) >= 11 is 3.29. The van der Waals surface area contributed by atoms with E-state index in [4.69, 9.17) is 5.73 Å². The van der Waals surface area contributed by atoms with Gasteiger partial charge in [0.2, 0.25) is 0 Å². The number of nitrogens with two attached hydrogens (primary N) is 1.